The van der Waals surface area contributed by atoms with Gasteiger partial charge < -0.3 is 10.2 Å². The molecule has 0 unspecified atom stereocenters. The first-order valence-corrected chi connectivity index (χ1v) is 13.2. The molecule has 0 bridgehead atoms. The van der Waals surface area contributed by atoms with E-state index in [0.717, 1.165) is 30.8 Å². The van der Waals surface area contributed by atoms with Crippen LogP contribution in [0.5, 0.6) is 0 Å². The first-order chi connectivity index (χ1) is 15.8. The number of nitrogens with one attached hydrogen (secondary N) is 1. The predicted molar refractivity (Wildman–Crippen MR) is 127 cm³/mol. The third-order valence-electron chi connectivity index (χ3n) is 6.68. The highest BCUT2D eigenvalue weighted by Crippen LogP contribution is 2.26. The van der Waals surface area contributed by atoms with Crippen LogP contribution in [0.2, 0.25) is 0 Å². The Balaban J connectivity index is 1.37. The fourth-order valence-electron chi connectivity index (χ4n) is 4.67. The largest absolute Gasteiger partial charge is 0.372 e. The highest BCUT2D eigenvalue weighted by molar-refractivity contribution is 7.89. The highest BCUT2D eigenvalue weighted by Gasteiger charge is 2.33. The van der Waals surface area contributed by atoms with E-state index in [1.165, 1.54) is 41.4 Å². The molecule has 33 heavy (non-hydrogen) atoms. The molecule has 8 heteroatoms. The van der Waals surface area contributed by atoms with E-state index in [0.29, 0.717) is 19.4 Å². The quantitative estimate of drug-likeness (QED) is 0.686. The maximum Gasteiger partial charge on any atom is 0.243 e. The van der Waals surface area contributed by atoms with Crippen LogP contribution in [0.3, 0.4) is 0 Å². The number of benzene rings is 2. The Morgan fingerprint density at radius 1 is 0.970 bits per heavy atom. The molecular weight excluding hydrogens is 441 g/mol. The van der Waals surface area contributed by atoms with Crippen LogP contribution in [-0.4, -0.2) is 44.8 Å². The van der Waals surface area contributed by atoms with Crippen molar-refractivity contribution in [2.45, 2.75) is 50.0 Å². The molecule has 0 aromatic heterocycles. The number of nitrogens with zero attached hydrogens (tertiary/aromatic N) is 2. The summed E-state index contributed by atoms with van der Waals surface area (Å²) in [6.45, 7) is 4.61. The summed E-state index contributed by atoms with van der Waals surface area (Å²) in [6.07, 6.45) is 4.99. The zero-order valence-corrected chi connectivity index (χ0v) is 19.9. The van der Waals surface area contributed by atoms with E-state index in [4.69, 9.17) is 0 Å². The van der Waals surface area contributed by atoms with E-state index in [9.17, 15) is 17.6 Å². The van der Waals surface area contributed by atoms with Crippen LogP contribution < -0.4 is 10.2 Å². The zero-order valence-electron chi connectivity index (χ0n) is 19.0. The number of carbonyl (C=O) groups is 1. The van der Waals surface area contributed by atoms with Gasteiger partial charge in [-0.15, -0.1) is 0 Å². The lowest BCUT2D eigenvalue weighted by Crippen LogP contribution is -2.45. The normalized spacial score (nSPS) is 20.9. The number of sulfonamides is 1. The van der Waals surface area contributed by atoms with Crippen molar-refractivity contribution in [2.24, 2.45) is 5.92 Å². The van der Waals surface area contributed by atoms with Gasteiger partial charge in [-0.3, -0.25) is 4.79 Å². The minimum atomic E-state index is -3.76. The molecule has 0 saturated carbocycles. The summed E-state index contributed by atoms with van der Waals surface area (Å²) in [7, 11) is -3.76. The molecule has 1 N–H and O–H groups in total. The fraction of sp³-hybridized carbons (Fsp3) is 0.480. The second-order valence-electron chi connectivity index (χ2n) is 9.03. The molecule has 1 amide bonds. The topological polar surface area (TPSA) is 69.7 Å². The van der Waals surface area contributed by atoms with E-state index in [2.05, 4.69) is 34.5 Å². The Morgan fingerprint density at radius 2 is 1.64 bits per heavy atom. The van der Waals surface area contributed by atoms with Gasteiger partial charge in [-0.1, -0.05) is 12.1 Å². The summed E-state index contributed by atoms with van der Waals surface area (Å²) in [6, 6.07) is 13.0. The average Bonchev–Trinajstić information content (AvgIpc) is 2.85. The van der Waals surface area contributed by atoms with Gasteiger partial charge in [-0.2, -0.15) is 4.31 Å². The van der Waals surface area contributed by atoms with Crippen molar-refractivity contribution in [3.8, 4) is 0 Å². The highest BCUT2D eigenvalue weighted by atomic mass is 32.2. The molecule has 2 aromatic rings. The van der Waals surface area contributed by atoms with Crippen molar-refractivity contribution in [3.63, 3.8) is 0 Å². The maximum absolute atomic E-state index is 13.2. The van der Waals surface area contributed by atoms with Crippen molar-refractivity contribution in [2.75, 3.05) is 31.1 Å². The minimum Gasteiger partial charge on any atom is -0.372 e. The van der Waals surface area contributed by atoms with E-state index in [1.54, 1.807) is 0 Å². The molecule has 6 nitrogen and oxygen atoms in total. The van der Waals surface area contributed by atoms with Crippen LogP contribution in [0, 0.1) is 11.7 Å². The molecule has 2 aliphatic heterocycles. The number of hydrogen-bond donors (Lipinski definition) is 1. The van der Waals surface area contributed by atoms with Gasteiger partial charge >= 0.3 is 0 Å². The van der Waals surface area contributed by atoms with E-state index < -0.39 is 21.8 Å². The van der Waals surface area contributed by atoms with Crippen molar-refractivity contribution in [1.82, 2.24) is 9.62 Å². The molecule has 2 fully saturated rings. The first-order valence-electron chi connectivity index (χ1n) is 11.8. The fourth-order valence-corrected chi connectivity index (χ4v) is 6.19. The van der Waals surface area contributed by atoms with Crippen molar-refractivity contribution in [3.05, 3.63) is 59.9 Å². The lowest BCUT2D eigenvalue weighted by Gasteiger charge is -2.32. The number of piperidine rings is 2. The second kappa shape index (κ2) is 10.2. The molecule has 2 saturated heterocycles. The molecule has 0 aliphatic carbocycles. The van der Waals surface area contributed by atoms with Crippen LogP contribution >= 0.6 is 0 Å². The average molecular weight is 474 g/mol. The van der Waals surface area contributed by atoms with Crippen molar-refractivity contribution >= 4 is 21.6 Å². The Bertz CT molecular complexity index is 1050. The minimum absolute atomic E-state index is 0.0483. The number of carbonyl (C=O) groups excluding carboxylic acids is 1. The van der Waals surface area contributed by atoms with Gasteiger partial charge in [-0.25, -0.2) is 12.8 Å². The molecular formula is C25H32FN3O3S. The first kappa shape index (κ1) is 23.7. The molecule has 178 valence electrons. The second-order valence-corrected chi connectivity index (χ2v) is 11.0. The molecule has 4 rings (SSSR count). The molecule has 2 aliphatic rings. The SMILES string of the molecule is C[C@H](NC(=O)[C@@H]1CCCN(S(=O)(=O)c2ccc(F)cc2)C1)c1ccc(N2CCCCC2)cc1. The number of hydrogen-bond acceptors (Lipinski definition) is 4. The van der Waals surface area contributed by atoms with Gasteiger partial charge in [0, 0.05) is 31.9 Å². The van der Waals surface area contributed by atoms with Crippen LogP contribution in [-0.2, 0) is 14.8 Å². The third-order valence-corrected chi connectivity index (χ3v) is 8.56. The Hall–Kier alpha value is -2.45. The summed E-state index contributed by atoms with van der Waals surface area (Å²) in [5.41, 5.74) is 2.24. The van der Waals surface area contributed by atoms with E-state index in [-0.39, 0.29) is 23.4 Å². The van der Waals surface area contributed by atoms with Crippen LogP contribution in [0.1, 0.15) is 50.6 Å². The standard InChI is InChI=1S/C25H32FN3O3S/c1-19(20-7-11-23(12-8-20)28-15-3-2-4-16-28)27-25(30)21-6-5-17-29(18-21)33(31,32)24-13-9-22(26)10-14-24/h7-14,19,21H,2-6,15-18H2,1H3,(H,27,30)/t19-,21+/m0/s1. The smallest absolute Gasteiger partial charge is 0.243 e. The van der Waals surface area contributed by atoms with Crippen LogP contribution in [0.15, 0.2) is 53.4 Å². The van der Waals surface area contributed by atoms with Gasteiger partial charge in [0.2, 0.25) is 15.9 Å². The van der Waals surface area contributed by atoms with E-state index in [1.807, 2.05) is 6.92 Å². The van der Waals surface area contributed by atoms with Crippen LogP contribution in [0.4, 0.5) is 10.1 Å². The lowest BCUT2D eigenvalue weighted by molar-refractivity contribution is -0.126. The monoisotopic (exact) mass is 473 g/mol. The number of amides is 1. The lowest BCUT2D eigenvalue weighted by atomic mass is 9.97. The summed E-state index contributed by atoms with van der Waals surface area (Å²) in [5.74, 6) is -1.03. The Kier molecular flexibility index (Phi) is 7.34. The summed E-state index contributed by atoms with van der Waals surface area (Å²) >= 11 is 0. The van der Waals surface area contributed by atoms with Gasteiger partial charge in [0.1, 0.15) is 5.82 Å². The summed E-state index contributed by atoms with van der Waals surface area (Å²) < 4.78 is 40.4. The summed E-state index contributed by atoms with van der Waals surface area (Å²) in [4.78, 5) is 15.4. The molecule has 2 heterocycles. The molecule has 0 radical (unpaired) electrons. The van der Waals surface area contributed by atoms with Crippen LogP contribution in [0.25, 0.3) is 0 Å². The van der Waals surface area contributed by atoms with Gasteiger partial charge in [0.15, 0.2) is 0 Å². The summed E-state index contributed by atoms with van der Waals surface area (Å²) in [5, 5.41) is 3.06. The maximum atomic E-state index is 13.2. The zero-order chi connectivity index (χ0) is 23.4. The molecule has 2 atom stereocenters. The Labute approximate surface area is 195 Å². The Morgan fingerprint density at radius 3 is 2.30 bits per heavy atom. The predicted octanol–water partition coefficient (Wildman–Crippen LogP) is 4.09. The van der Waals surface area contributed by atoms with Crippen molar-refractivity contribution in [1.29, 1.82) is 0 Å². The van der Waals surface area contributed by atoms with E-state index >= 15 is 0 Å². The van der Waals surface area contributed by atoms with Gasteiger partial charge in [0.05, 0.1) is 16.9 Å². The van der Waals surface area contributed by atoms with Gasteiger partial charge in [-0.05, 0) is 81.0 Å². The van der Waals surface area contributed by atoms with Crippen molar-refractivity contribution < 1.29 is 17.6 Å². The molecule has 2 aromatic carbocycles. The number of rotatable bonds is 6. The third kappa shape index (κ3) is 5.55. The van der Waals surface area contributed by atoms with Gasteiger partial charge in [0.25, 0.3) is 0 Å². The number of halogens is 1. The molecule has 0 spiro atoms. The number of anilines is 1.